The zero-order chi connectivity index (χ0) is 19.0. The number of thioether (sulfide) groups is 1. The van der Waals surface area contributed by atoms with Gasteiger partial charge in [-0.15, -0.1) is 10.2 Å². The van der Waals surface area contributed by atoms with Gasteiger partial charge in [0.05, 0.1) is 25.3 Å². The summed E-state index contributed by atoms with van der Waals surface area (Å²) in [5.41, 5.74) is 0.181. The van der Waals surface area contributed by atoms with Gasteiger partial charge in [0.15, 0.2) is 5.96 Å². The standard InChI is InChI=1S/C18H33N7OS/c1-3-16-23-22-15-24(16)7-6-20-17(19-4-2)21-13-18(5-12-27-14-18)25-8-10-26-11-9-25/h15H,3-14H2,1-2H3,(H2,19,20,21). The fourth-order valence-electron chi connectivity index (χ4n) is 3.71. The van der Waals surface area contributed by atoms with Gasteiger partial charge < -0.3 is 19.9 Å². The van der Waals surface area contributed by atoms with Crippen LogP contribution < -0.4 is 10.6 Å². The number of rotatable bonds is 8. The van der Waals surface area contributed by atoms with Crippen molar-refractivity contribution in [2.24, 2.45) is 4.99 Å². The van der Waals surface area contributed by atoms with Crippen molar-refractivity contribution in [3.63, 3.8) is 0 Å². The number of nitrogens with zero attached hydrogens (tertiary/aromatic N) is 5. The highest BCUT2D eigenvalue weighted by molar-refractivity contribution is 7.99. The van der Waals surface area contributed by atoms with Crippen LogP contribution in [0.2, 0.25) is 0 Å². The summed E-state index contributed by atoms with van der Waals surface area (Å²) in [5.74, 6) is 4.31. The fourth-order valence-corrected chi connectivity index (χ4v) is 5.18. The predicted molar refractivity (Wildman–Crippen MR) is 110 cm³/mol. The number of hydrogen-bond donors (Lipinski definition) is 2. The van der Waals surface area contributed by atoms with Gasteiger partial charge in [-0.05, 0) is 19.1 Å². The van der Waals surface area contributed by atoms with Crippen LogP contribution in [0.5, 0.6) is 0 Å². The number of aromatic nitrogens is 3. The third-order valence-electron chi connectivity index (χ3n) is 5.30. The van der Waals surface area contributed by atoms with Gasteiger partial charge in [-0.1, -0.05) is 6.92 Å². The van der Waals surface area contributed by atoms with Crippen LogP contribution in [0.15, 0.2) is 11.3 Å². The number of guanidine groups is 1. The summed E-state index contributed by atoms with van der Waals surface area (Å²) in [4.78, 5) is 7.57. The first kappa shape index (κ1) is 20.4. The molecule has 0 spiro atoms. The number of hydrogen-bond acceptors (Lipinski definition) is 6. The highest BCUT2D eigenvalue weighted by atomic mass is 32.2. The summed E-state index contributed by atoms with van der Waals surface area (Å²) in [5, 5.41) is 15.0. The van der Waals surface area contributed by atoms with Crippen LogP contribution in [-0.4, -0.2) is 88.6 Å². The molecule has 0 bridgehead atoms. The molecule has 0 saturated carbocycles. The maximum Gasteiger partial charge on any atom is 0.191 e. The summed E-state index contributed by atoms with van der Waals surface area (Å²) < 4.78 is 7.65. The van der Waals surface area contributed by atoms with Gasteiger partial charge in [0.25, 0.3) is 0 Å². The molecule has 2 fully saturated rings. The molecule has 2 saturated heterocycles. The zero-order valence-electron chi connectivity index (χ0n) is 16.6. The van der Waals surface area contributed by atoms with E-state index in [9.17, 15) is 0 Å². The van der Waals surface area contributed by atoms with Gasteiger partial charge in [-0.3, -0.25) is 9.89 Å². The highest BCUT2D eigenvalue weighted by Crippen LogP contribution is 2.34. The van der Waals surface area contributed by atoms with Crippen LogP contribution in [0.4, 0.5) is 0 Å². The smallest absolute Gasteiger partial charge is 0.191 e. The third-order valence-corrected chi connectivity index (χ3v) is 6.53. The monoisotopic (exact) mass is 395 g/mol. The lowest BCUT2D eigenvalue weighted by atomic mass is 9.96. The molecule has 3 heterocycles. The Morgan fingerprint density at radius 2 is 2.19 bits per heavy atom. The lowest BCUT2D eigenvalue weighted by Crippen LogP contribution is -2.56. The molecule has 2 N–H and O–H groups in total. The van der Waals surface area contributed by atoms with E-state index in [2.05, 4.69) is 55.9 Å². The van der Waals surface area contributed by atoms with Gasteiger partial charge in [0.1, 0.15) is 12.2 Å². The normalized spacial score (nSPS) is 24.3. The largest absolute Gasteiger partial charge is 0.379 e. The number of nitrogens with one attached hydrogen (secondary N) is 2. The Bertz CT molecular complexity index is 594. The Labute approximate surface area is 166 Å². The van der Waals surface area contributed by atoms with Crippen molar-refractivity contribution in [2.75, 3.05) is 57.4 Å². The molecule has 0 radical (unpaired) electrons. The average molecular weight is 396 g/mol. The van der Waals surface area contributed by atoms with Gasteiger partial charge in [-0.25, -0.2) is 0 Å². The van der Waals surface area contributed by atoms with Gasteiger partial charge in [0, 0.05) is 44.9 Å². The van der Waals surface area contributed by atoms with E-state index in [1.54, 1.807) is 6.33 Å². The lowest BCUT2D eigenvalue weighted by molar-refractivity contribution is -0.0104. The number of ether oxygens (including phenoxy) is 1. The summed E-state index contributed by atoms with van der Waals surface area (Å²) >= 11 is 2.05. The zero-order valence-corrected chi connectivity index (χ0v) is 17.4. The number of aliphatic imine (C=N–C) groups is 1. The van der Waals surface area contributed by atoms with Crippen molar-refractivity contribution in [1.29, 1.82) is 0 Å². The van der Waals surface area contributed by atoms with E-state index in [0.717, 1.165) is 76.4 Å². The first-order valence-electron chi connectivity index (χ1n) is 10.1. The minimum Gasteiger partial charge on any atom is -0.379 e. The lowest BCUT2D eigenvalue weighted by Gasteiger charge is -2.42. The van der Waals surface area contributed by atoms with Crippen LogP contribution in [0.25, 0.3) is 0 Å². The van der Waals surface area contributed by atoms with Crippen LogP contribution in [0.3, 0.4) is 0 Å². The second-order valence-corrected chi connectivity index (χ2v) is 8.15. The predicted octanol–water partition coefficient (Wildman–Crippen LogP) is 0.604. The second-order valence-electron chi connectivity index (χ2n) is 7.04. The van der Waals surface area contributed by atoms with E-state index in [-0.39, 0.29) is 5.54 Å². The molecule has 2 aliphatic heterocycles. The minimum atomic E-state index is 0.181. The SMILES string of the molecule is CCNC(=NCC1(N2CCOCC2)CCSC1)NCCn1cnnc1CC. The molecule has 27 heavy (non-hydrogen) atoms. The van der Waals surface area contributed by atoms with Crippen molar-refractivity contribution in [1.82, 2.24) is 30.3 Å². The Hall–Kier alpha value is -1.32. The summed E-state index contributed by atoms with van der Waals surface area (Å²) in [7, 11) is 0. The van der Waals surface area contributed by atoms with Crippen LogP contribution in [0, 0.1) is 0 Å². The Morgan fingerprint density at radius 1 is 1.33 bits per heavy atom. The molecule has 0 aliphatic carbocycles. The fraction of sp³-hybridized carbons (Fsp3) is 0.833. The quantitative estimate of drug-likeness (QED) is 0.493. The van der Waals surface area contributed by atoms with E-state index < -0.39 is 0 Å². The van der Waals surface area contributed by atoms with Crippen LogP contribution in [-0.2, 0) is 17.7 Å². The first-order valence-corrected chi connectivity index (χ1v) is 11.2. The molecule has 3 rings (SSSR count). The molecule has 9 heteroatoms. The first-order chi connectivity index (χ1) is 13.3. The Morgan fingerprint density at radius 3 is 2.89 bits per heavy atom. The van der Waals surface area contributed by atoms with Crippen molar-refractivity contribution >= 4 is 17.7 Å². The molecule has 1 unspecified atom stereocenters. The minimum absolute atomic E-state index is 0.181. The van der Waals surface area contributed by atoms with E-state index in [0.29, 0.717) is 0 Å². The van der Waals surface area contributed by atoms with Gasteiger partial charge in [0.2, 0.25) is 0 Å². The van der Waals surface area contributed by atoms with Crippen LogP contribution >= 0.6 is 11.8 Å². The molecular weight excluding hydrogens is 362 g/mol. The third kappa shape index (κ3) is 5.36. The molecule has 152 valence electrons. The molecule has 0 amide bonds. The van der Waals surface area contributed by atoms with Crippen molar-refractivity contribution in [2.45, 2.75) is 38.8 Å². The number of aryl methyl sites for hydroxylation is 1. The van der Waals surface area contributed by atoms with Crippen molar-refractivity contribution in [3.8, 4) is 0 Å². The van der Waals surface area contributed by atoms with E-state index in [4.69, 9.17) is 9.73 Å². The Balaban J connectivity index is 1.58. The molecule has 8 nitrogen and oxygen atoms in total. The van der Waals surface area contributed by atoms with Gasteiger partial charge in [-0.2, -0.15) is 11.8 Å². The van der Waals surface area contributed by atoms with Gasteiger partial charge >= 0.3 is 0 Å². The summed E-state index contributed by atoms with van der Waals surface area (Å²) in [6, 6.07) is 0. The Kier molecular flexibility index (Phi) is 7.78. The molecule has 0 aromatic carbocycles. The average Bonchev–Trinajstić information content (AvgIpc) is 3.37. The second kappa shape index (κ2) is 10.3. The van der Waals surface area contributed by atoms with E-state index >= 15 is 0 Å². The maximum absolute atomic E-state index is 5.55. The molecule has 1 aromatic rings. The molecule has 2 aliphatic rings. The topological polar surface area (TPSA) is 79.6 Å². The summed E-state index contributed by atoms with van der Waals surface area (Å²) in [6.07, 6.45) is 3.91. The van der Waals surface area contributed by atoms with E-state index in [1.165, 1.54) is 12.2 Å². The van der Waals surface area contributed by atoms with E-state index in [1.807, 2.05) is 0 Å². The van der Waals surface area contributed by atoms with Crippen LogP contribution in [0.1, 0.15) is 26.1 Å². The van der Waals surface area contributed by atoms with Crippen molar-refractivity contribution < 1.29 is 4.74 Å². The molecule has 1 atom stereocenters. The number of morpholine rings is 1. The summed E-state index contributed by atoms with van der Waals surface area (Å²) in [6.45, 7) is 11.3. The van der Waals surface area contributed by atoms with Crippen molar-refractivity contribution in [3.05, 3.63) is 12.2 Å². The molecular formula is C18H33N7OS. The molecule has 1 aromatic heterocycles. The highest BCUT2D eigenvalue weighted by Gasteiger charge is 2.40. The maximum atomic E-state index is 5.55.